The molecule has 0 radical (unpaired) electrons. The standard InChI is InChI=1S/C27H27ClN2O3/c28-24-13-11-22(12-14-24)21-7-9-23(10-8-21)26(31)29-16-15-19-3-5-20(6-4-19)18-30-17-1-2-25(30)27(32)33/h3-14,25H,1-2,15-18H2,(H,29,31)(H,32,33)/t25-/m0/s1. The Morgan fingerprint density at radius 2 is 1.52 bits per heavy atom. The maximum Gasteiger partial charge on any atom is 0.320 e. The van der Waals surface area contributed by atoms with Gasteiger partial charge < -0.3 is 10.4 Å². The lowest BCUT2D eigenvalue weighted by atomic mass is 10.0. The minimum Gasteiger partial charge on any atom is -0.480 e. The highest BCUT2D eigenvalue weighted by atomic mass is 35.5. The summed E-state index contributed by atoms with van der Waals surface area (Å²) in [4.78, 5) is 25.8. The Hall–Kier alpha value is -3.15. The lowest BCUT2D eigenvalue weighted by Crippen LogP contribution is -2.35. The van der Waals surface area contributed by atoms with E-state index in [0.29, 0.717) is 23.7 Å². The molecule has 1 atom stereocenters. The smallest absolute Gasteiger partial charge is 0.320 e. The second-order valence-corrected chi connectivity index (χ2v) is 8.81. The van der Waals surface area contributed by atoms with Crippen molar-refractivity contribution in [2.24, 2.45) is 0 Å². The van der Waals surface area contributed by atoms with E-state index >= 15 is 0 Å². The van der Waals surface area contributed by atoms with Crippen LogP contribution in [-0.4, -0.2) is 41.0 Å². The SMILES string of the molecule is O=C(NCCc1ccc(CN2CCC[C@H]2C(=O)O)cc1)c1ccc(-c2ccc(Cl)cc2)cc1. The lowest BCUT2D eigenvalue weighted by molar-refractivity contribution is -0.142. The van der Waals surface area contributed by atoms with E-state index in [4.69, 9.17) is 11.6 Å². The Morgan fingerprint density at radius 3 is 2.15 bits per heavy atom. The van der Waals surface area contributed by atoms with E-state index in [9.17, 15) is 14.7 Å². The number of hydrogen-bond acceptors (Lipinski definition) is 3. The second-order valence-electron chi connectivity index (χ2n) is 8.37. The van der Waals surface area contributed by atoms with Crippen molar-refractivity contribution in [2.75, 3.05) is 13.1 Å². The van der Waals surface area contributed by atoms with Crippen LogP contribution in [0.3, 0.4) is 0 Å². The maximum absolute atomic E-state index is 12.5. The van der Waals surface area contributed by atoms with Crippen LogP contribution in [0.5, 0.6) is 0 Å². The zero-order chi connectivity index (χ0) is 23.2. The lowest BCUT2D eigenvalue weighted by Gasteiger charge is -2.21. The van der Waals surface area contributed by atoms with Crippen molar-refractivity contribution in [3.8, 4) is 11.1 Å². The van der Waals surface area contributed by atoms with Gasteiger partial charge in [-0.2, -0.15) is 0 Å². The fourth-order valence-corrected chi connectivity index (χ4v) is 4.35. The molecule has 0 bridgehead atoms. The van der Waals surface area contributed by atoms with Gasteiger partial charge in [-0.3, -0.25) is 14.5 Å². The van der Waals surface area contributed by atoms with Crippen molar-refractivity contribution in [2.45, 2.75) is 31.8 Å². The zero-order valence-corrected chi connectivity index (χ0v) is 19.1. The van der Waals surface area contributed by atoms with E-state index < -0.39 is 5.97 Å². The normalized spacial score (nSPS) is 16.0. The number of benzene rings is 3. The minimum absolute atomic E-state index is 0.0944. The van der Waals surface area contributed by atoms with Crippen molar-refractivity contribution >= 4 is 23.5 Å². The Bertz CT molecular complexity index is 1100. The van der Waals surface area contributed by atoms with E-state index in [1.807, 2.05) is 77.7 Å². The summed E-state index contributed by atoms with van der Waals surface area (Å²) in [5, 5.41) is 13.0. The van der Waals surface area contributed by atoms with E-state index in [-0.39, 0.29) is 11.9 Å². The molecule has 5 nitrogen and oxygen atoms in total. The average molecular weight is 463 g/mol. The van der Waals surface area contributed by atoms with Gasteiger partial charge in [-0.15, -0.1) is 0 Å². The van der Waals surface area contributed by atoms with Gasteiger partial charge in [-0.1, -0.05) is 60.1 Å². The predicted octanol–water partition coefficient (Wildman–Crippen LogP) is 5.03. The number of nitrogens with zero attached hydrogens (tertiary/aromatic N) is 1. The Morgan fingerprint density at radius 1 is 0.909 bits per heavy atom. The minimum atomic E-state index is -0.737. The Balaban J connectivity index is 1.25. The zero-order valence-electron chi connectivity index (χ0n) is 18.3. The summed E-state index contributed by atoms with van der Waals surface area (Å²) in [5.74, 6) is -0.831. The molecule has 1 saturated heterocycles. The first-order valence-corrected chi connectivity index (χ1v) is 11.6. The van der Waals surface area contributed by atoms with Crippen molar-refractivity contribution in [3.05, 3.63) is 94.5 Å². The first-order valence-electron chi connectivity index (χ1n) is 11.2. The Kier molecular flexibility index (Phi) is 7.43. The van der Waals surface area contributed by atoms with Crippen molar-refractivity contribution in [1.82, 2.24) is 10.2 Å². The van der Waals surface area contributed by atoms with E-state index in [2.05, 4.69) is 5.32 Å². The number of carbonyl (C=O) groups excluding carboxylic acids is 1. The fourth-order valence-electron chi connectivity index (χ4n) is 4.22. The summed E-state index contributed by atoms with van der Waals surface area (Å²) in [7, 11) is 0. The second kappa shape index (κ2) is 10.6. The first-order chi connectivity index (χ1) is 16.0. The number of likely N-dealkylation sites (tertiary alicyclic amines) is 1. The van der Waals surface area contributed by atoms with Crippen molar-refractivity contribution in [1.29, 1.82) is 0 Å². The molecule has 1 aliphatic heterocycles. The van der Waals surface area contributed by atoms with Gasteiger partial charge in [0, 0.05) is 23.7 Å². The summed E-state index contributed by atoms with van der Waals surface area (Å²) >= 11 is 5.94. The molecule has 0 aromatic heterocycles. The molecule has 0 aliphatic carbocycles. The summed E-state index contributed by atoms with van der Waals surface area (Å²) in [6, 6.07) is 23.0. The topological polar surface area (TPSA) is 69.6 Å². The molecule has 0 unspecified atom stereocenters. The fraction of sp³-hybridized carbons (Fsp3) is 0.259. The molecule has 1 fully saturated rings. The predicted molar refractivity (Wildman–Crippen MR) is 130 cm³/mol. The number of carboxylic acids is 1. The number of nitrogens with one attached hydrogen (secondary N) is 1. The third-order valence-corrected chi connectivity index (χ3v) is 6.33. The average Bonchev–Trinajstić information content (AvgIpc) is 3.29. The van der Waals surface area contributed by atoms with Crippen LogP contribution in [0.1, 0.15) is 34.3 Å². The van der Waals surface area contributed by atoms with Gasteiger partial charge in [0.25, 0.3) is 5.91 Å². The molecule has 3 aromatic rings. The van der Waals surface area contributed by atoms with Crippen LogP contribution in [0.2, 0.25) is 5.02 Å². The number of aliphatic carboxylic acids is 1. The molecule has 1 aliphatic rings. The van der Waals surface area contributed by atoms with Gasteiger partial charge >= 0.3 is 5.97 Å². The van der Waals surface area contributed by atoms with Crippen LogP contribution >= 0.6 is 11.6 Å². The molecule has 4 rings (SSSR count). The molecule has 3 aromatic carbocycles. The van der Waals surface area contributed by atoms with Crippen molar-refractivity contribution < 1.29 is 14.7 Å². The van der Waals surface area contributed by atoms with Crippen LogP contribution in [0.25, 0.3) is 11.1 Å². The third kappa shape index (κ3) is 6.01. The first kappa shape index (κ1) is 23.0. The Labute approximate surface area is 199 Å². The highest BCUT2D eigenvalue weighted by Crippen LogP contribution is 2.22. The molecule has 170 valence electrons. The van der Waals surface area contributed by atoms with Crippen LogP contribution in [0, 0.1) is 0 Å². The number of rotatable bonds is 8. The molecular weight excluding hydrogens is 436 g/mol. The molecule has 2 N–H and O–H groups in total. The van der Waals surface area contributed by atoms with Gasteiger partial charge in [0.1, 0.15) is 6.04 Å². The monoisotopic (exact) mass is 462 g/mol. The van der Waals surface area contributed by atoms with Crippen molar-refractivity contribution in [3.63, 3.8) is 0 Å². The third-order valence-electron chi connectivity index (χ3n) is 6.08. The van der Waals surface area contributed by atoms with Gasteiger partial charge in [0.15, 0.2) is 0 Å². The highest BCUT2D eigenvalue weighted by Gasteiger charge is 2.30. The molecular formula is C27H27ClN2O3. The van der Waals surface area contributed by atoms with E-state index in [1.54, 1.807) is 0 Å². The highest BCUT2D eigenvalue weighted by molar-refractivity contribution is 6.30. The summed E-state index contributed by atoms with van der Waals surface area (Å²) < 4.78 is 0. The molecule has 6 heteroatoms. The summed E-state index contributed by atoms with van der Waals surface area (Å²) in [5.41, 5.74) is 4.96. The maximum atomic E-state index is 12.5. The largest absolute Gasteiger partial charge is 0.480 e. The number of hydrogen-bond donors (Lipinski definition) is 2. The number of halogens is 1. The molecule has 1 heterocycles. The van der Waals surface area contributed by atoms with E-state index in [0.717, 1.165) is 48.1 Å². The molecule has 0 spiro atoms. The number of carboxylic acid groups (broad SMARTS) is 1. The van der Waals surface area contributed by atoms with Gasteiger partial charge in [0.05, 0.1) is 0 Å². The van der Waals surface area contributed by atoms with Crippen LogP contribution in [-0.2, 0) is 17.8 Å². The molecule has 1 amide bonds. The molecule has 0 saturated carbocycles. The summed E-state index contributed by atoms with van der Waals surface area (Å²) in [6.07, 6.45) is 2.38. The number of carbonyl (C=O) groups is 2. The van der Waals surface area contributed by atoms with Gasteiger partial charge in [0.2, 0.25) is 0 Å². The quantitative estimate of drug-likeness (QED) is 0.492. The van der Waals surface area contributed by atoms with Crippen LogP contribution < -0.4 is 5.32 Å². The van der Waals surface area contributed by atoms with Crippen LogP contribution in [0.15, 0.2) is 72.8 Å². The van der Waals surface area contributed by atoms with Gasteiger partial charge in [-0.05, 0) is 72.3 Å². The summed E-state index contributed by atoms with van der Waals surface area (Å²) in [6.45, 7) is 2.02. The number of amides is 1. The van der Waals surface area contributed by atoms with E-state index in [1.165, 1.54) is 0 Å². The van der Waals surface area contributed by atoms with Crippen LogP contribution in [0.4, 0.5) is 0 Å². The molecule has 33 heavy (non-hydrogen) atoms. The van der Waals surface area contributed by atoms with Gasteiger partial charge in [-0.25, -0.2) is 0 Å².